The lowest BCUT2D eigenvalue weighted by Crippen LogP contribution is -2.19. The number of ether oxygens (including phenoxy) is 2. The molecule has 126 valence electrons. The number of nitro groups is 1. The van der Waals surface area contributed by atoms with Gasteiger partial charge in [-0.05, 0) is 24.7 Å². The summed E-state index contributed by atoms with van der Waals surface area (Å²) in [4.78, 5) is 10.4. The first-order valence-electron chi connectivity index (χ1n) is 6.99. The Morgan fingerprint density at radius 3 is 2.25 bits per heavy atom. The Bertz CT molecular complexity index is 758. The maximum Gasteiger partial charge on any atom is 0.271 e. The van der Waals surface area contributed by atoms with Crippen LogP contribution in [0.1, 0.15) is 5.56 Å². The number of nitrogens with zero attached hydrogens (tertiary/aromatic N) is 1. The van der Waals surface area contributed by atoms with Gasteiger partial charge in [0, 0.05) is 41.7 Å². The van der Waals surface area contributed by atoms with Crippen molar-refractivity contribution < 1.29 is 14.4 Å². The number of non-ortho nitro benzene ring substituents is 1. The van der Waals surface area contributed by atoms with E-state index in [0.29, 0.717) is 28.0 Å². The molecule has 0 amide bonds. The van der Waals surface area contributed by atoms with Crippen LogP contribution in [-0.4, -0.2) is 24.3 Å². The Kier molecular flexibility index (Phi) is 5.54. The SMILES string of the molecule is COc1cc(NC(=S)Nc2cc([N+](=O)[O-])ccc2C)cc(OC)c1. The van der Waals surface area contributed by atoms with Crippen molar-refractivity contribution in [3.63, 3.8) is 0 Å². The van der Waals surface area contributed by atoms with Crippen molar-refractivity contribution in [2.75, 3.05) is 24.9 Å². The van der Waals surface area contributed by atoms with Crippen LogP contribution in [0.15, 0.2) is 36.4 Å². The third-order valence-corrected chi connectivity index (χ3v) is 3.49. The van der Waals surface area contributed by atoms with E-state index in [4.69, 9.17) is 21.7 Å². The fraction of sp³-hybridized carbons (Fsp3) is 0.188. The normalized spacial score (nSPS) is 9.96. The summed E-state index contributed by atoms with van der Waals surface area (Å²) >= 11 is 5.27. The van der Waals surface area contributed by atoms with Crippen LogP contribution in [0.5, 0.6) is 11.5 Å². The standard InChI is InChI=1S/C16H17N3O4S/c1-10-4-5-12(19(20)21)8-15(10)18-16(24)17-11-6-13(22-2)9-14(7-11)23-3/h4-9H,1-3H3,(H2,17,18,24). The molecule has 0 aromatic heterocycles. The van der Waals surface area contributed by atoms with Gasteiger partial charge in [0.2, 0.25) is 0 Å². The predicted octanol–water partition coefficient (Wildman–Crippen LogP) is 3.73. The highest BCUT2D eigenvalue weighted by atomic mass is 32.1. The van der Waals surface area contributed by atoms with Crippen LogP contribution in [-0.2, 0) is 0 Å². The molecule has 2 rings (SSSR count). The highest BCUT2D eigenvalue weighted by Crippen LogP contribution is 2.26. The third kappa shape index (κ3) is 4.32. The van der Waals surface area contributed by atoms with Crippen molar-refractivity contribution in [1.82, 2.24) is 0 Å². The molecule has 24 heavy (non-hydrogen) atoms. The molecule has 0 heterocycles. The molecule has 0 aliphatic heterocycles. The van der Waals surface area contributed by atoms with Crippen molar-refractivity contribution in [2.45, 2.75) is 6.92 Å². The monoisotopic (exact) mass is 347 g/mol. The van der Waals surface area contributed by atoms with E-state index in [0.717, 1.165) is 5.56 Å². The largest absolute Gasteiger partial charge is 0.497 e. The van der Waals surface area contributed by atoms with Crippen LogP contribution in [0, 0.1) is 17.0 Å². The van der Waals surface area contributed by atoms with Gasteiger partial charge < -0.3 is 20.1 Å². The molecule has 0 fully saturated rings. The highest BCUT2D eigenvalue weighted by Gasteiger charge is 2.10. The van der Waals surface area contributed by atoms with E-state index in [-0.39, 0.29) is 5.69 Å². The van der Waals surface area contributed by atoms with Crippen LogP contribution in [0.3, 0.4) is 0 Å². The van der Waals surface area contributed by atoms with Gasteiger partial charge in [-0.3, -0.25) is 10.1 Å². The van der Waals surface area contributed by atoms with E-state index < -0.39 is 4.92 Å². The van der Waals surface area contributed by atoms with Gasteiger partial charge in [0.25, 0.3) is 5.69 Å². The molecule has 0 atom stereocenters. The van der Waals surface area contributed by atoms with E-state index in [1.165, 1.54) is 12.1 Å². The number of nitro benzene ring substituents is 1. The molecule has 0 spiro atoms. The molecule has 7 nitrogen and oxygen atoms in total. The summed E-state index contributed by atoms with van der Waals surface area (Å²) in [5.74, 6) is 1.23. The maximum atomic E-state index is 10.9. The van der Waals surface area contributed by atoms with Gasteiger partial charge in [-0.15, -0.1) is 0 Å². The zero-order valence-corrected chi connectivity index (χ0v) is 14.3. The fourth-order valence-corrected chi connectivity index (χ4v) is 2.25. The summed E-state index contributed by atoms with van der Waals surface area (Å²) in [5, 5.41) is 17.2. The molecule has 0 unspecified atom stereocenters. The molecular weight excluding hydrogens is 330 g/mol. The Balaban J connectivity index is 2.16. The zero-order chi connectivity index (χ0) is 17.7. The third-order valence-electron chi connectivity index (χ3n) is 3.29. The average Bonchev–Trinajstić information content (AvgIpc) is 2.56. The van der Waals surface area contributed by atoms with Crippen LogP contribution in [0.4, 0.5) is 17.1 Å². The lowest BCUT2D eigenvalue weighted by atomic mass is 10.2. The molecule has 0 radical (unpaired) electrons. The minimum absolute atomic E-state index is 0.00560. The Hall–Kier alpha value is -2.87. The van der Waals surface area contributed by atoms with Gasteiger partial charge in [0.05, 0.1) is 19.1 Å². The van der Waals surface area contributed by atoms with Crippen molar-refractivity contribution in [1.29, 1.82) is 0 Å². The molecule has 2 N–H and O–H groups in total. The number of anilines is 2. The van der Waals surface area contributed by atoms with Gasteiger partial charge in [-0.25, -0.2) is 0 Å². The quantitative estimate of drug-likeness (QED) is 0.484. The second-order valence-electron chi connectivity index (χ2n) is 4.94. The second kappa shape index (κ2) is 7.60. The molecule has 2 aromatic rings. The zero-order valence-electron chi connectivity index (χ0n) is 13.5. The van der Waals surface area contributed by atoms with Gasteiger partial charge >= 0.3 is 0 Å². The number of nitrogens with one attached hydrogen (secondary N) is 2. The molecular formula is C16H17N3O4S. The summed E-state index contributed by atoms with van der Waals surface area (Å²) in [5.41, 5.74) is 2.07. The van der Waals surface area contributed by atoms with Gasteiger partial charge in [0.1, 0.15) is 11.5 Å². The summed E-state index contributed by atoms with van der Waals surface area (Å²) in [6, 6.07) is 9.82. The average molecular weight is 347 g/mol. The van der Waals surface area contributed by atoms with Gasteiger partial charge in [0.15, 0.2) is 5.11 Å². The molecule has 0 aliphatic carbocycles. The second-order valence-corrected chi connectivity index (χ2v) is 5.35. The van der Waals surface area contributed by atoms with E-state index >= 15 is 0 Å². The first kappa shape index (κ1) is 17.5. The summed E-state index contributed by atoms with van der Waals surface area (Å²) < 4.78 is 10.4. The first-order chi connectivity index (χ1) is 11.4. The molecule has 8 heteroatoms. The number of hydrogen-bond acceptors (Lipinski definition) is 5. The summed E-state index contributed by atoms with van der Waals surface area (Å²) in [6.07, 6.45) is 0. The van der Waals surface area contributed by atoms with Crippen molar-refractivity contribution in [3.05, 3.63) is 52.1 Å². The maximum absolute atomic E-state index is 10.9. The Morgan fingerprint density at radius 2 is 1.71 bits per heavy atom. The first-order valence-corrected chi connectivity index (χ1v) is 7.40. The van der Waals surface area contributed by atoms with E-state index in [2.05, 4.69) is 10.6 Å². The van der Waals surface area contributed by atoms with Crippen LogP contribution < -0.4 is 20.1 Å². The number of benzene rings is 2. The van der Waals surface area contributed by atoms with Crippen molar-refractivity contribution in [2.24, 2.45) is 0 Å². The number of thiocarbonyl (C=S) groups is 1. The topological polar surface area (TPSA) is 85.7 Å². The minimum atomic E-state index is -0.450. The van der Waals surface area contributed by atoms with Crippen molar-refractivity contribution in [3.8, 4) is 11.5 Å². The lowest BCUT2D eigenvalue weighted by Gasteiger charge is -2.14. The molecule has 0 saturated heterocycles. The van der Waals surface area contributed by atoms with E-state index in [1.54, 1.807) is 38.5 Å². The number of rotatable bonds is 5. The predicted molar refractivity (Wildman–Crippen MR) is 97.2 cm³/mol. The fourth-order valence-electron chi connectivity index (χ4n) is 2.02. The van der Waals surface area contributed by atoms with Crippen LogP contribution in [0.2, 0.25) is 0 Å². The molecule has 0 saturated carbocycles. The van der Waals surface area contributed by atoms with Crippen molar-refractivity contribution >= 4 is 34.4 Å². The number of hydrogen-bond donors (Lipinski definition) is 2. The number of aryl methyl sites for hydroxylation is 1. The minimum Gasteiger partial charge on any atom is -0.497 e. The summed E-state index contributed by atoms with van der Waals surface area (Å²) in [6.45, 7) is 1.84. The molecule has 0 bridgehead atoms. The van der Waals surface area contributed by atoms with E-state index in [1.807, 2.05) is 6.92 Å². The molecule has 2 aromatic carbocycles. The van der Waals surface area contributed by atoms with Crippen LogP contribution >= 0.6 is 12.2 Å². The van der Waals surface area contributed by atoms with Crippen LogP contribution in [0.25, 0.3) is 0 Å². The molecule has 0 aliphatic rings. The van der Waals surface area contributed by atoms with Gasteiger partial charge in [-0.1, -0.05) is 6.07 Å². The lowest BCUT2D eigenvalue weighted by molar-refractivity contribution is -0.384. The van der Waals surface area contributed by atoms with Gasteiger partial charge in [-0.2, -0.15) is 0 Å². The smallest absolute Gasteiger partial charge is 0.271 e. The number of methoxy groups -OCH3 is 2. The van der Waals surface area contributed by atoms with E-state index in [9.17, 15) is 10.1 Å². The Labute approximate surface area is 144 Å². The highest BCUT2D eigenvalue weighted by molar-refractivity contribution is 7.80. The summed E-state index contributed by atoms with van der Waals surface area (Å²) in [7, 11) is 3.11. The Morgan fingerprint density at radius 1 is 1.08 bits per heavy atom.